The smallest absolute Gasteiger partial charge is 0.336 e. The number of rotatable bonds is 2. The summed E-state index contributed by atoms with van der Waals surface area (Å²) in [5, 5.41) is 8.65. The number of nitrogens with zero attached hydrogens (tertiary/aromatic N) is 1. The normalized spacial score (nSPS) is 10.6. The number of nitrogens with two attached hydrogens (primary N) is 1. The summed E-state index contributed by atoms with van der Waals surface area (Å²) >= 11 is 0. The molecule has 14 heavy (non-hydrogen) atoms. The number of pyridine rings is 1. The molecular weight excluding hydrogens is 194 g/mol. The van der Waals surface area contributed by atoms with Crippen molar-refractivity contribution in [1.82, 2.24) is 4.98 Å². The Kier molecular flexibility index (Phi) is 2.64. The first-order valence-electron chi connectivity index (χ1n) is 3.72. The molecular formula is C8H8F2N2O2. The quantitative estimate of drug-likeness (QED) is 0.763. The third-order valence-electron chi connectivity index (χ3n) is 1.66. The van der Waals surface area contributed by atoms with Crippen LogP contribution in [0, 0.1) is 6.92 Å². The molecule has 0 radical (unpaired) electrons. The van der Waals surface area contributed by atoms with Crippen LogP contribution in [-0.2, 0) is 0 Å². The summed E-state index contributed by atoms with van der Waals surface area (Å²) in [7, 11) is 0. The van der Waals surface area contributed by atoms with Crippen molar-refractivity contribution in [1.29, 1.82) is 0 Å². The second-order valence-electron chi connectivity index (χ2n) is 2.72. The highest BCUT2D eigenvalue weighted by Gasteiger charge is 2.22. The van der Waals surface area contributed by atoms with Crippen molar-refractivity contribution < 1.29 is 18.7 Å². The Morgan fingerprint density at radius 3 is 2.64 bits per heavy atom. The monoisotopic (exact) mass is 202 g/mol. The van der Waals surface area contributed by atoms with Crippen molar-refractivity contribution in [2.24, 2.45) is 0 Å². The number of carboxylic acid groups (broad SMARTS) is 1. The van der Waals surface area contributed by atoms with Gasteiger partial charge in [0, 0.05) is 5.69 Å². The van der Waals surface area contributed by atoms with Crippen molar-refractivity contribution in [2.45, 2.75) is 13.3 Å². The van der Waals surface area contributed by atoms with Crippen LogP contribution in [0.25, 0.3) is 0 Å². The summed E-state index contributed by atoms with van der Waals surface area (Å²) < 4.78 is 24.8. The zero-order valence-corrected chi connectivity index (χ0v) is 7.29. The van der Waals surface area contributed by atoms with Crippen LogP contribution in [0.2, 0.25) is 0 Å². The Morgan fingerprint density at radius 2 is 2.21 bits per heavy atom. The Labute approximate surface area is 78.4 Å². The summed E-state index contributed by atoms with van der Waals surface area (Å²) in [4.78, 5) is 14.2. The van der Waals surface area contributed by atoms with Gasteiger partial charge in [-0.2, -0.15) is 0 Å². The molecule has 6 heteroatoms. The van der Waals surface area contributed by atoms with E-state index in [-0.39, 0.29) is 0 Å². The summed E-state index contributed by atoms with van der Waals surface area (Å²) in [5.41, 5.74) is 4.29. The molecule has 0 fully saturated rings. The van der Waals surface area contributed by atoms with Crippen LogP contribution in [0.1, 0.15) is 28.0 Å². The lowest BCUT2D eigenvalue weighted by Gasteiger charge is -2.08. The lowest BCUT2D eigenvalue weighted by molar-refractivity contribution is 0.0684. The molecule has 0 unspecified atom stereocenters. The van der Waals surface area contributed by atoms with E-state index in [1.54, 1.807) is 0 Å². The van der Waals surface area contributed by atoms with Gasteiger partial charge in [0.1, 0.15) is 5.82 Å². The number of alkyl halides is 2. The number of halogens is 2. The molecule has 1 heterocycles. The third kappa shape index (κ3) is 1.78. The first-order chi connectivity index (χ1) is 6.43. The largest absolute Gasteiger partial charge is 0.478 e. The molecule has 4 nitrogen and oxygen atoms in total. The molecule has 0 spiro atoms. The number of carbonyl (C=O) groups is 1. The number of aromatic carboxylic acids is 1. The van der Waals surface area contributed by atoms with Gasteiger partial charge in [-0.1, -0.05) is 0 Å². The molecule has 0 aliphatic carbocycles. The topological polar surface area (TPSA) is 76.2 Å². The van der Waals surface area contributed by atoms with Crippen LogP contribution in [0.4, 0.5) is 14.6 Å². The summed E-state index contributed by atoms with van der Waals surface area (Å²) in [6.45, 7) is 1.48. The average molecular weight is 202 g/mol. The van der Waals surface area contributed by atoms with E-state index in [1.165, 1.54) is 6.92 Å². The van der Waals surface area contributed by atoms with E-state index in [0.717, 1.165) is 6.07 Å². The molecule has 1 aromatic rings. The summed E-state index contributed by atoms with van der Waals surface area (Å²) in [6.07, 6.45) is -2.94. The molecule has 0 atom stereocenters. The van der Waals surface area contributed by atoms with Crippen molar-refractivity contribution in [3.63, 3.8) is 0 Å². The van der Waals surface area contributed by atoms with Crippen LogP contribution in [0.15, 0.2) is 6.07 Å². The van der Waals surface area contributed by atoms with Gasteiger partial charge in [-0.15, -0.1) is 0 Å². The lowest BCUT2D eigenvalue weighted by Crippen LogP contribution is -2.09. The molecule has 0 aliphatic rings. The molecule has 0 saturated carbocycles. The fourth-order valence-electron chi connectivity index (χ4n) is 1.11. The van der Waals surface area contributed by atoms with Crippen LogP contribution in [0.5, 0.6) is 0 Å². The zero-order chi connectivity index (χ0) is 10.9. The van der Waals surface area contributed by atoms with Crippen LogP contribution in [0.3, 0.4) is 0 Å². The van der Waals surface area contributed by atoms with Gasteiger partial charge in [0.2, 0.25) is 0 Å². The second kappa shape index (κ2) is 3.57. The highest BCUT2D eigenvalue weighted by atomic mass is 19.3. The van der Waals surface area contributed by atoms with E-state index in [2.05, 4.69) is 4.98 Å². The van der Waals surface area contributed by atoms with Gasteiger partial charge in [-0.3, -0.25) is 0 Å². The van der Waals surface area contributed by atoms with Gasteiger partial charge in [-0.05, 0) is 13.0 Å². The average Bonchev–Trinajstić information content (AvgIpc) is 2.01. The van der Waals surface area contributed by atoms with E-state index in [9.17, 15) is 13.6 Å². The predicted molar refractivity (Wildman–Crippen MR) is 45.3 cm³/mol. The fourth-order valence-corrected chi connectivity index (χ4v) is 1.11. The highest BCUT2D eigenvalue weighted by Crippen LogP contribution is 2.27. The molecule has 0 bridgehead atoms. The number of hydrogen-bond acceptors (Lipinski definition) is 3. The maximum atomic E-state index is 12.4. The van der Waals surface area contributed by atoms with Gasteiger partial charge in [0.15, 0.2) is 0 Å². The highest BCUT2D eigenvalue weighted by molar-refractivity contribution is 5.91. The number of anilines is 1. The molecule has 3 N–H and O–H groups in total. The fraction of sp³-hybridized carbons (Fsp3) is 0.250. The lowest BCUT2D eigenvalue weighted by atomic mass is 10.1. The van der Waals surface area contributed by atoms with Crippen molar-refractivity contribution in [3.05, 3.63) is 22.9 Å². The molecule has 76 valence electrons. The molecule has 0 amide bonds. The minimum atomic E-state index is -2.94. The Balaban J connectivity index is 3.44. The van der Waals surface area contributed by atoms with Gasteiger partial charge in [0.25, 0.3) is 6.43 Å². The number of aromatic nitrogens is 1. The van der Waals surface area contributed by atoms with E-state index < -0.39 is 29.3 Å². The maximum absolute atomic E-state index is 12.4. The van der Waals surface area contributed by atoms with E-state index in [0.29, 0.717) is 5.69 Å². The summed E-state index contributed by atoms with van der Waals surface area (Å²) in [6, 6.07) is 1.07. The molecule has 0 aliphatic heterocycles. The third-order valence-corrected chi connectivity index (χ3v) is 1.66. The van der Waals surface area contributed by atoms with E-state index in [1.807, 2.05) is 0 Å². The Bertz CT molecular complexity index is 380. The number of nitrogen functional groups attached to an aromatic ring is 1. The SMILES string of the molecule is Cc1cc(C(=O)O)c(C(F)F)c(N)n1. The van der Waals surface area contributed by atoms with Crippen LogP contribution >= 0.6 is 0 Å². The first-order valence-corrected chi connectivity index (χ1v) is 3.72. The number of carboxylic acids is 1. The molecule has 1 aromatic heterocycles. The number of hydrogen-bond donors (Lipinski definition) is 2. The first kappa shape index (κ1) is 10.4. The molecule has 1 rings (SSSR count). The Morgan fingerprint density at radius 1 is 1.64 bits per heavy atom. The van der Waals surface area contributed by atoms with Crippen LogP contribution < -0.4 is 5.73 Å². The van der Waals surface area contributed by atoms with Gasteiger partial charge in [-0.25, -0.2) is 18.6 Å². The summed E-state index contributed by atoms with van der Waals surface area (Å²) in [5.74, 6) is -1.87. The van der Waals surface area contributed by atoms with E-state index in [4.69, 9.17) is 10.8 Å². The van der Waals surface area contributed by atoms with Gasteiger partial charge < -0.3 is 10.8 Å². The zero-order valence-electron chi connectivity index (χ0n) is 7.29. The van der Waals surface area contributed by atoms with Crippen molar-refractivity contribution in [3.8, 4) is 0 Å². The minimum absolute atomic E-state index is 0.296. The standard InChI is InChI=1S/C8H8F2N2O2/c1-3-2-4(8(13)14)5(6(9)10)7(11)12-3/h2,6H,1H3,(H2,11,12)(H,13,14). The second-order valence-corrected chi connectivity index (χ2v) is 2.72. The maximum Gasteiger partial charge on any atom is 0.336 e. The van der Waals surface area contributed by atoms with Crippen LogP contribution in [-0.4, -0.2) is 16.1 Å². The molecule has 0 saturated heterocycles. The Hall–Kier alpha value is -1.72. The predicted octanol–water partition coefficient (Wildman–Crippen LogP) is 1.61. The van der Waals surface area contributed by atoms with Gasteiger partial charge in [0.05, 0.1) is 11.1 Å². The van der Waals surface area contributed by atoms with E-state index >= 15 is 0 Å². The molecule has 0 aromatic carbocycles. The minimum Gasteiger partial charge on any atom is -0.478 e. The van der Waals surface area contributed by atoms with Gasteiger partial charge >= 0.3 is 5.97 Å². The number of aryl methyl sites for hydroxylation is 1. The van der Waals surface area contributed by atoms with Crippen molar-refractivity contribution >= 4 is 11.8 Å². The van der Waals surface area contributed by atoms with Crippen molar-refractivity contribution in [2.75, 3.05) is 5.73 Å².